The summed E-state index contributed by atoms with van der Waals surface area (Å²) in [6.45, 7) is 5.60. The van der Waals surface area contributed by atoms with Crippen LogP contribution in [0.2, 0.25) is 0 Å². The van der Waals surface area contributed by atoms with E-state index in [1.807, 2.05) is 39.0 Å². The Morgan fingerprint density at radius 1 is 1.30 bits per heavy atom. The molecule has 0 radical (unpaired) electrons. The predicted molar refractivity (Wildman–Crippen MR) is 78.7 cm³/mol. The van der Waals surface area contributed by atoms with Gasteiger partial charge in [-0.05, 0) is 52.2 Å². The Morgan fingerprint density at radius 2 is 2.05 bits per heavy atom. The molecule has 110 valence electrons. The van der Waals surface area contributed by atoms with Crippen LogP contribution in [0.1, 0.15) is 40.0 Å². The van der Waals surface area contributed by atoms with Gasteiger partial charge in [0.25, 0.3) is 0 Å². The maximum atomic E-state index is 11.7. The number of ether oxygens (including phenoxy) is 1. The second-order valence-corrected chi connectivity index (χ2v) is 6.21. The minimum atomic E-state index is -0.450. The van der Waals surface area contributed by atoms with Crippen molar-refractivity contribution in [2.24, 2.45) is 0 Å². The van der Waals surface area contributed by atoms with Gasteiger partial charge in [0, 0.05) is 18.3 Å². The van der Waals surface area contributed by atoms with Crippen LogP contribution in [0.15, 0.2) is 24.4 Å². The lowest BCUT2D eigenvalue weighted by molar-refractivity contribution is 0.0505. The van der Waals surface area contributed by atoms with Gasteiger partial charge in [0.15, 0.2) is 0 Å². The largest absolute Gasteiger partial charge is 0.444 e. The van der Waals surface area contributed by atoms with Crippen molar-refractivity contribution in [3.8, 4) is 0 Å². The molecule has 0 bridgehead atoms. The van der Waals surface area contributed by atoms with Crippen LogP contribution in [-0.2, 0) is 4.74 Å². The number of nitrogens with one attached hydrogen (secondary N) is 2. The highest BCUT2D eigenvalue weighted by Crippen LogP contribution is 2.22. The molecule has 1 aliphatic carbocycles. The Kier molecular flexibility index (Phi) is 4.47. The first-order valence-electron chi connectivity index (χ1n) is 7.09. The first-order valence-corrected chi connectivity index (χ1v) is 7.09. The third kappa shape index (κ3) is 4.72. The van der Waals surface area contributed by atoms with E-state index in [4.69, 9.17) is 4.74 Å². The quantitative estimate of drug-likeness (QED) is 0.891. The SMILES string of the molecule is CC(C)(C)OC(=O)N[C@@H]1CC[C@@H](Nc2ccccn2)C1. The van der Waals surface area contributed by atoms with Gasteiger partial charge in [-0.1, -0.05) is 6.07 Å². The Morgan fingerprint density at radius 3 is 2.70 bits per heavy atom. The summed E-state index contributed by atoms with van der Waals surface area (Å²) in [5.74, 6) is 0.885. The molecule has 0 unspecified atom stereocenters. The summed E-state index contributed by atoms with van der Waals surface area (Å²) < 4.78 is 5.27. The van der Waals surface area contributed by atoms with Crippen molar-refractivity contribution in [2.75, 3.05) is 5.32 Å². The summed E-state index contributed by atoms with van der Waals surface area (Å²) >= 11 is 0. The van der Waals surface area contributed by atoms with Gasteiger partial charge in [-0.3, -0.25) is 0 Å². The minimum absolute atomic E-state index is 0.172. The highest BCUT2D eigenvalue weighted by Gasteiger charge is 2.27. The van der Waals surface area contributed by atoms with Crippen LogP contribution in [-0.4, -0.2) is 28.8 Å². The fourth-order valence-electron chi connectivity index (χ4n) is 2.38. The van der Waals surface area contributed by atoms with Crippen LogP contribution in [0.25, 0.3) is 0 Å². The molecule has 1 heterocycles. The number of rotatable bonds is 3. The molecule has 1 aromatic heterocycles. The van der Waals surface area contributed by atoms with Crippen LogP contribution in [0.5, 0.6) is 0 Å². The molecule has 1 saturated carbocycles. The van der Waals surface area contributed by atoms with E-state index in [0.717, 1.165) is 25.1 Å². The highest BCUT2D eigenvalue weighted by atomic mass is 16.6. The molecule has 20 heavy (non-hydrogen) atoms. The average Bonchev–Trinajstić information content (AvgIpc) is 2.75. The van der Waals surface area contributed by atoms with Crippen LogP contribution >= 0.6 is 0 Å². The van der Waals surface area contributed by atoms with E-state index < -0.39 is 5.60 Å². The Labute approximate surface area is 120 Å². The molecule has 2 rings (SSSR count). The van der Waals surface area contributed by atoms with Gasteiger partial charge in [-0.15, -0.1) is 0 Å². The van der Waals surface area contributed by atoms with Crippen LogP contribution in [0, 0.1) is 0 Å². The summed E-state index contributed by atoms with van der Waals surface area (Å²) in [7, 11) is 0. The summed E-state index contributed by atoms with van der Waals surface area (Å²) in [6, 6.07) is 6.33. The Hall–Kier alpha value is -1.78. The molecule has 5 heteroatoms. The van der Waals surface area contributed by atoms with Crippen molar-refractivity contribution in [1.82, 2.24) is 10.3 Å². The summed E-state index contributed by atoms with van der Waals surface area (Å²) in [4.78, 5) is 16.0. The van der Waals surface area contributed by atoms with Gasteiger partial charge >= 0.3 is 6.09 Å². The number of amides is 1. The summed E-state index contributed by atoms with van der Waals surface area (Å²) in [6.07, 6.45) is 4.32. The van der Waals surface area contributed by atoms with Gasteiger partial charge in [0.1, 0.15) is 11.4 Å². The molecular weight excluding hydrogens is 254 g/mol. The average molecular weight is 277 g/mol. The molecule has 1 aromatic rings. The Bertz CT molecular complexity index is 442. The van der Waals surface area contributed by atoms with Gasteiger partial charge in [-0.2, -0.15) is 0 Å². The normalized spacial score (nSPS) is 22.4. The van der Waals surface area contributed by atoms with Gasteiger partial charge in [-0.25, -0.2) is 9.78 Å². The zero-order chi connectivity index (χ0) is 14.6. The molecule has 5 nitrogen and oxygen atoms in total. The smallest absolute Gasteiger partial charge is 0.407 e. The van der Waals surface area contributed by atoms with Gasteiger partial charge in [0.2, 0.25) is 0 Å². The topological polar surface area (TPSA) is 63.2 Å². The van der Waals surface area contributed by atoms with E-state index in [-0.39, 0.29) is 12.1 Å². The van der Waals surface area contributed by atoms with Crippen molar-refractivity contribution in [3.63, 3.8) is 0 Å². The molecule has 2 atom stereocenters. The number of nitrogens with zero attached hydrogens (tertiary/aromatic N) is 1. The molecule has 1 amide bonds. The van der Waals surface area contributed by atoms with Gasteiger partial charge < -0.3 is 15.4 Å². The van der Waals surface area contributed by atoms with E-state index in [1.165, 1.54) is 0 Å². The number of carbonyl (C=O) groups excluding carboxylic acids is 1. The van der Waals surface area contributed by atoms with E-state index in [1.54, 1.807) is 6.20 Å². The molecule has 1 aliphatic rings. The van der Waals surface area contributed by atoms with E-state index >= 15 is 0 Å². The van der Waals surface area contributed by atoms with Crippen LogP contribution in [0.3, 0.4) is 0 Å². The number of anilines is 1. The highest BCUT2D eigenvalue weighted by molar-refractivity contribution is 5.68. The predicted octanol–water partition coefficient (Wildman–Crippen LogP) is 2.94. The maximum Gasteiger partial charge on any atom is 0.407 e. The standard InChI is InChI=1S/C15H23N3O2/c1-15(2,3)20-14(19)18-12-8-7-11(10-12)17-13-6-4-5-9-16-13/h4-6,9,11-12H,7-8,10H2,1-3H3,(H,16,17)(H,18,19)/t11-,12-/m1/s1. The second kappa shape index (κ2) is 6.11. The van der Waals surface area contributed by atoms with E-state index in [2.05, 4.69) is 15.6 Å². The fraction of sp³-hybridized carbons (Fsp3) is 0.600. The summed E-state index contributed by atoms with van der Waals surface area (Å²) in [5.41, 5.74) is -0.450. The second-order valence-electron chi connectivity index (χ2n) is 6.21. The molecule has 1 fully saturated rings. The third-order valence-corrected chi connectivity index (χ3v) is 3.17. The maximum absolute atomic E-state index is 11.7. The monoisotopic (exact) mass is 277 g/mol. The zero-order valence-corrected chi connectivity index (χ0v) is 12.3. The van der Waals surface area contributed by atoms with Crippen LogP contribution in [0.4, 0.5) is 10.6 Å². The first-order chi connectivity index (χ1) is 9.42. The molecular formula is C15H23N3O2. The number of aromatic nitrogens is 1. The fourth-order valence-corrected chi connectivity index (χ4v) is 2.38. The van der Waals surface area contributed by atoms with Crippen molar-refractivity contribution < 1.29 is 9.53 Å². The van der Waals surface area contributed by atoms with E-state index in [0.29, 0.717) is 6.04 Å². The third-order valence-electron chi connectivity index (χ3n) is 3.17. The molecule has 0 saturated heterocycles. The van der Waals surface area contributed by atoms with Crippen molar-refractivity contribution >= 4 is 11.9 Å². The van der Waals surface area contributed by atoms with E-state index in [9.17, 15) is 4.79 Å². The molecule has 0 aliphatic heterocycles. The summed E-state index contributed by atoms with van der Waals surface area (Å²) in [5, 5.41) is 6.32. The lowest BCUT2D eigenvalue weighted by Crippen LogP contribution is -2.38. The number of pyridine rings is 1. The zero-order valence-electron chi connectivity index (χ0n) is 12.3. The van der Waals surface area contributed by atoms with Crippen molar-refractivity contribution in [2.45, 2.75) is 57.7 Å². The number of hydrogen-bond acceptors (Lipinski definition) is 4. The lowest BCUT2D eigenvalue weighted by Gasteiger charge is -2.21. The molecule has 2 N–H and O–H groups in total. The number of carbonyl (C=O) groups is 1. The number of alkyl carbamates (subject to hydrolysis) is 1. The van der Waals surface area contributed by atoms with Crippen LogP contribution < -0.4 is 10.6 Å². The van der Waals surface area contributed by atoms with Crippen molar-refractivity contribution in [3.05, 3.63) is 24.4 Å². The minimum Gasteiger partial charge on any atom is -0.444 e. The lowest BCUT2D eigenvalue weighted by atomic mass is 10.2. The number of hydrogen-bond donors (Lipinski definition) is 2. The molecule has 0 aromatic carbocycles. The van der Waals surface area contributed by atoms with Crippen molar-refractivity contribution in [1.29, 1.82) is 0 Å². The van der Waals surface area contributed by atoms with Gasteiger partial charge in [0.05, 0.1) is 0 Å². The molecule has 0 spiro atoms. The first kappa shape index (κ1) is 14.6. The Balaban J connectivity index is 1.77.